The van der Waals surface area contributed by atoms with Crippen molar-refractivity contribution in [1.82, 2.24) is 5.06 Å². The monoisotopic (exact) mass is 407 g/mol. The highest BCUT2D eigenvalue weighted by Gasteiger charge is 2.33. The van der Waals surface area contributed by atoms with Crippen molar-refractivity contribution in [2.75, 3.05) is 0 Å². The van der Waals surface area contributed by atoms with Crippen LogP contribution in [0.1, 0.15) is 69.8 Å². The number of carbonyl (C=O) groups excluding carboxylic acids is 1. The van der Waals surface area contributed by atoms with Gasteiger partial charge in [-0.2, -0.15) is 0 Å². The number of hydroxylamine groups is 2. The molecule has 0 saturated heterocycles. The summed E-state index contributed by atoms with van der Waals surface area (Å²) in [5.74, 6) is -0.139. The van der Waals surface area contributed by atoms with E-state index in [0.29, 0.717) is 18.5 Å². The number of hydrogen-bond donors (Lipinski definition) is 0. The Labute approximate surface area is 160 Å². The van der Waals surface area contributed by atoms with Gasteiger partial charge in [0.25, 0.3) is 0 Å². The van der Waals surface area contributed by atoms with E-state index in [1.165, 1.54) is 38.5 Å². The van der Waals surface area contributed by atoms with Crippen molar-refractivity contribution in [3.05, 3.63) is 35.9 Å². The lowest BCUT2D eigenvalue weighted by Gasteiger charge is -2.39. The molecule has 0 unspecified atom stereocenters. The van der Waals surface area contributed by atoms with Gasteiger partial charge < -0.3 is 4.84 Å². The van der Waals surface area contributed by atoms with E-state index in [1.807, 2.05) is 18.2 Å². The van der Waals surface area contributed by atoms with Crippen LogP contribution < -0.4 is 0 Å². The van der Waals surface area contributed by atoms with Crippen LogP contribution in [0.5, 0.6) is 0 Å². The molecule has 0 N–H and O–H groups in total. The summed E-state index contributed by atoms with van der Waals surface area (Å²) in [6.07, 6.45) is 13.0. The summed E-state index contributed by atoms with van der Waals surface area (Å²) < 4.78 is 0. The molecule has 2 fully saturated rings. The topological polar surface area (TPSA) is 29.5 Å². The minimum atomic E-state index is -0.287. The number of carbonyl (C=O) groups is 1. The molecule has 1 aromatic rings. The van der Waals surface area contributed by atoms with E-state index in [0.717, 1.165) is 31.2 Å². The number of rotatable bonds is 6. The molecular formula is C21H30BrNO2. The van der Waals surface area contributed by atoms with Gasteiger partial charge in [0.05, 0.1) is 0 Å². The summed E-state index contributed by atoms with van der Waals surface area (Å²) in [5, 5.41) is 2.11. The molecule has 0 radical (unpaired) electrons. The second kappa shape index (κ2) is 9.72. The van der Waals surface area contributed by atoms with Gasteiger partial charge in [0.15, 0.2) is 0 Å². The van der Waals surface area contributed by atoms with Gasteiger partial charge in [-0.25, -0.2) is 4.79 Å². The van der Waals surface area contributed by atoms with E-state index < -0.39 is 0 Å². The molecule has 1 aromatic carbocycles. The lowest BCUT2D eigenvalue weighted by atomic mass is 9.90. The first-order valence-electron chi connectivity index (χ1n) is 9.92. The minimum Gasteiger partial charge on any atom is -0.366 e. The Hall–Kier alpha value is -0.870. The van der Waals surface area contributed by atoms with Gasteiger partial charge in [0.2, 0.25) is 0 Å². The highest BCUT2D eigenvalue weighted by molar-refractivity contribution is 9.10. The normalized spacial score (nSPS) is 21.2. The van der Waals surface area contributed by atoms with Crippen molar-refractivity contribution < 1.29 is 9.63 Å². The highest BCUT2D eigenvalue weighted by Crippen LogP contribution is 2.31. The molecule has 3 nitrogen and oxygen atoms in total. The van der Waals surface area contributed by atoms with Crippen LogP contribution in [0.25, 0.3) is 0 Å². The summed E-state index contributed by atoms with van der Waals surface area (Å²) in [4.78, 5) is 18.5. The fourth-order valence-corrected chi connectivity index (χ4v) is 4.64. The molecule has 0 amide bonds. The van der Waals surface area contributed by atoms with Crippen LogP contribution in [-0.2, 0) is 16.1 Å². The van der Waals surface area contributed by atoms with Gasteiger partial charge >= 0.3 is 5.97 Å². The minimum absolute atomic E-state index is 0.139. The third kappa shape index (κ3) is 5.55. The SMILES string of the molecule is O=C(ON(C1CCCCC1)C1CCCCC1)[C@H](Br)Cc1ccccc1. The van der Waals surface area contributed by atoms with Gasteiger partial charge in [0, 0.05) is 12.1 Å². The van der Waals surface area contributed by atoms with E-state index in [4.69, 9.17) is 4.84 Å². The molecule has 2 saturated carbocycles. The lowest BCUT2D eigenvalue weighted by molar-refractivity contribution is -0.222. The van der Waals surface area contributed by atoms with Crippen LogP contribution in [0.15, 0.2) is 30.3 Å². The van der Waals surface area contributed by atoms with E-state index in [2.05, 4.69) is 33.1 Å². The summed E-state index contributed by atoms with van der Waals surface area (Å²) in [6.45, 7) is 0. The van der Waals surface area contributed by atoms with Crippen LogP contribution >= 0.6 is 15.9 Å². The highest BCUT2D eigenvalue weighted by atomic mass is 79.9. The second-order valence-corrected chi connectivity index (χ2v) is 8.62. The first-order chi connectivity index (χ1) is 12.2. The molecular weight excluding hydrogens is 378 g/mol. The summed E-state index contributed by atoms with van der Waals surface area (Å²) in [7, 11) is 0. The van der Waals surface area contributed by atoms with Crippen LogP contribution in [-0.4, -0.2) is 27.9 Å². The van der Waals surface area contributed by atoms with E-state index in [9.17, 15) is 4.79 Å². The second-order valence-electron chi connectivity index (χ2n) is 7.51. The third-order valence-corrected chi connectivity index (χ3v) is 6.28. The Kier molecular flexibility index (Phi) is 7.35. The number of nitrogens with zero attached hydrogens (tertiary/aromatic N) is 1. The predicted octanol–water partition coefficient (Wildman–Crippen LogP) is 5.42. The molecule has 0 spiro atoms. The molecule has 0 aromatic heterocycles. The molecule has 138 valence electrons. The van der Waals surface area contributed by atoms with Gasteiger partial charge in [-0.3, -0.25) is 0 Å². The smallest absolute Gasteiger partial charge is 0.338 e. The molecule has 0 bridgehead atoms. The van der Waals surface area contributed by atoms with Crippen molar-refractivity contribution in [2.24, 2.45) is 0 Å². The maximum Gasteiger partial charge on any atom is 0.338 e. The Morgan fingerprint density at radius 1 is 0.960 bits per heavy atom. The zero-order valence-electron chi connectivity index (χ0n) is 15.0. The zero-order chi connectivity index (χ0) is 17.5. The molecule has 2 aliphatic carbocycles. The van der Waals surface area contributed by atoms with Gasteiger partial charge in [0.1, 0.15) is 4.83 Å². The number of halogens is 1. The van der Waals surface area contributed by atoms with Crippen molar-refractivity contribution in [3.8, 4) is 0 Å². The fourth-order valence-electron chi connectivity index (χ4n) is 4.18. The maximum atomic E-state index is 12.7. The van der Waals surface area contributed by atoms with Crippen molar-refractivity contribution in [3.63, 3.8) is 0 Å². The molecule has 3 rings (SSSR count). The lowest BCUT2D eigenvalue weighted by Crippen LogP contribution is -2.47. The Balaban J connectivity index is 1.62. The Morgan fingerprint density at radius 3 is 2.00 bits per heavy atom. The quantitative estimate of drug-likeness (QED) is 0.465. The largest absolute Gasteiger partial charge is 0.366 e. The van der Waals surface area contributed by atoms with Crippen LogP contribution in [0.2, 0.25) is 0 Å². The number of benzene rings is 1. The predicted molar refractivity (Wildman–Crippen MR) is 105 cm³/mol. The summed E-state index contributed by atoms with van der Waals surface area (Å²) in [6, 6.07) is 11.0. The van der Waals surface area contributed by atoms with Gasteiger partial charge in [-0.1, -0.05) is 84.8 Å². The number of alkyl halides is 1. The van der Waals surface area contributed by atoms with Crippen LogP contribution in [0.4, 0.5) is 0 Å². The van der Waals surface area contributed by atoms with E-state index in [-0.39, 0.29) is 10.8 Å². The first-order valence-corrected chi connectivity index (χ1v) is 10.8. The van der Waals surface area contributed by atoms with Crippen LogP contribution in [0.3, 0.4) is 0 Å². The average Bonchev–Trinajstić information content (AvgIpc) is 2.68. The van der Waals surface area contributed by atoms with E-state index >= 15 is 0 Å². The fraction of sp³-hybridized carbons (Fsp3) is 0.667. The Bertz CT molecular complexity index is 506. The van der Waals surface area contributed by atoms with E-state index in [1.54, 1.807) is 0 Å². The van der Waals surface area contributed by atoms with Gasteiger partial charge in [-0.05, 0) is 37.7 Å². The molecule has 0 aliphatic heterocycles. The standard InChI is InChI=1S/C21H30BrNO2/c22-20(16-17-10-4-1-5-11-17)21(24)25-23(18-12-6-2-7-13-18)19-14-8-3-9-15-19/h1,4-5,10-11,18-20H,2-3,6-9,12-16H2/t20-/m1/s1. The van der Waals surface area contributed by atoms with Crippen molar-refractivity contribution in [1.29, 1.82) is 0 Å². The summed E-state index contributed by atoms with van der Waals surface area (Å²) >= 11 is 3.56. The molecule has 2 aliphatic rings. The van der Waals surface area contributed by atoms with Gasteiger partial charge in [-0.15, -0.1) is 5.06 Å². The number of hydrogen-bond acceptors (Lipinski definition) is 3. The average molecular weight is 408 g/mol. The summed E-state index contributed by atoms with van der Waals surface area (Å²) in [5.41, 5.74) is 1.16. The third-order valence-electron chi connectivity index (χ3n) is 5.58. The Morgan fingerprint density at radius 2 is 1.48 bits per heavy atom. The molecule has 0 heterocycles. The molecule has 25 heavy (non-hydrogen) atoms. The van der Waals surface area contributed by atoms with Crippen molar-refractivity contribution in [2.45, 2.75) is 87.5 Å². The maximum absolute atomic E-state index is 12.7. The zero-order valence-corrected chi connectivity index (χ0v) is 16.6. The first kappa shape index (κ1) is 18.9. The molecule has 1 atom stereocenters. The van der Waals surface area contributed by atoms with Crippen LogP contribution in [0, 0.1) is 0 Å². The van der Waals surface area contributed by atoms with Crippen molar-refractivity contribution >= 4 is 21.9 Å². The molecule has 4 heteroatoms.